The number of benzene rings is 2. The number of hydrogen-bond donors (Lipinski definition) is 0. The first-order valence-electron chi connectivity index (χ1n) is 10.4. The molecule has 3 aromatic rings. The summed E-state index contributed by atoms with van der Waals surface area (Å²) in [6.45, 7) is 5.67. The predicted octanol–water partition coefficient (Wildman–Crippen LogP) is 5.69. The number of amides is 1. The maximum Gasteiger partial charge on any atom is 0.226 e. The second-order valence-electron chi connectivity index (χ2n) is 7.67. The zero-order valence-electron chi connectivity index (χ0n) is 18.4. The minimum Gasteiger partial charge on any atom is -0.315 e. The van der Waals surface area contributed by atoms with Crippen LogP contribution in [0.2, 0.25) is 0 Å². The van der Waals surface area contributed by atoms with E-state index in [-0.39, 0.29) is 11.7 Å². The molecule has 1 aromatic heterocycles. The van der Waals surface area contributed by atoms with Crippen LogP contribution in [0, 0.1) is 19.7 Å². The van der Waals surface area contributed by atoms with Crippen LogP contribution in [0.15, 0.2) is 54.6 Å². The zero-order chi connectivity index (χ0) is 22.5. The molecule has 5 heteroatoms. The van der Waals surface area contributed by atoms with Crippen molar-refractivity contribution in [3.8, 4) is 11.1 Å². The molecule has 0 unspecified atom stereocenters. The van der Waals surface area contributed by atoms with Gasteiger partial charge >= 0.3 is 0 Å². The zero-order valence-corrected chi connectivity index (χ0v) is 18.4. The number of nitrogens with zero attached hydrogens (tertiary/aromatic N) is 2. The van der Waals surface area contributed by atoms with Crippen molar-refractivity contribution in [1.29, 1.82) is 0 Å². The molecule has 0 saturated carbocycles. The van der Waals surface area contributed by atoms with Gasteiger partial charge in [0.2, 0.25) is 5.91 Å². The number of aromatic nitrogens is 1. The Labute approximate surface area is 182 Å². The van der Waals surface area contributed by atoms with Crippen molar-refractivity contribution < 1.29 is 14.0 Å². The molecule has 0 N–H and O–H groups in total. The first-order valence-corrected chi connectivity index (χ1v) is 10.4. The predicted molar refractivity (Wildman–Crippen MR) is 122 cm³/mol. The van der Waals surface area contributed by atoms with Gasteiger partial charge in [0.15, 0.2) is 5.78 Å². The lowest BCUT2D eigenvalue weighted by molar-refractivity contribution is -0.118. The molecule has 3 rings (SSSR count). The maximum atomic E-state index is 14.7. The molecule has 1 heterocycles. The van der Waals surface area contributed by atoms with Crippen molar-refractivity contribution in [2.45, 2.75) is 40.0 Å². The van der Waals surface area contributed by atoms with Gasteiger partial charge in [0.05, 0.1) is 0 Å². The Morgan fingerprint density at radius 3 is 2.32 bits per heavy atom. The lowest BCUT2D eigenvalue weighted by Gasteiger charge is -2.17. The fraction of sp³-hybridized carbons (Fsp3) is 0.269. The van der Waals surface area contributed by atoms with E-state index in [1.54, 1.807) is 50.4 Å². The van der Waals surface area contributed by atoms with Gasteiger partial charge < -0.3 is 4.90 Å². The Morgan fingerprint density at radius 1 is 1.00 bits per heavy atom. The number of ketones is 1. The topological polar surface area (TPSA) is 50.3 Å². The first-order chi connectivity index (χ1) is 14.8. The summed E-state index contributed by atoms with van der Waals surface area (Å²) in [5, 5.41) is 0. The Kier molecular flexibility index (Phi) is 6.95. The van der Waals surface area contributed by atoms with Crippen molar-refractivity contribution in [3.63, 3.8) is 0 Å². The molecule has 0 aliphatic rings. The summed E-state index contributed by atoms with van der Waals surface area (Å²) >= 11 is 0. The Hall–Kier alpha value is -3.34. The van der Waals surface area contributed by atoms with Gasteiger partial charge in [-0.25, -0.2) is 4.39 Å². The highest BCUT2D eigenvalue weighted by atomic mass is 19.1. The lowest BCUT2D eigenvalue weighted by atomic mass is 9.98. The summed E-state index contributed by atoms with van der Waals surface area (Å²) in [4.78, 5) is 30.3. The molecule has 0 fully saturated rings. The van der Waals surface area contributed by atoms with Gasteiger partial charge in [0, 0.05) is 48.1 Å². The highest BCUT2D eigenvalue weighted by molar-refractivity contribution is 5.96. The van der Waals surface area contributed by atoms with E-state index in [2.05, 4.69) is 4.98 Å². The highest BCUT2D eigenvalue weighted by Gasteiger charge is 2.13. The van der Waals surface area contributed by atoms with E-state index >= 15 is 0 Å². The number of hydrogen-bond acceptors (Lipinski definition) is 3. The quantitative estimate of drug-likeness (QED) is 0.463. The molecule has 0 aliphatic carbocycles. The largest absolute Gasteiger partial charge is 0.315 e. The number of carbonyl (C=O) groups excluding carboxylic acids is 2. The number of halogens is 1. The van der Waals surface area contributed by atoms with Gasteiger partial charge in [-0.15, -0.1) is 0 Å². The van der Waals surface area contributed by atoms with Crippen LogP contribution in [0.5, 0.6) is 0 Å². The van der Waals surface area contributed by atoms with Crippen LogP contribution in [0.1, 0.15) is 47.1 Å². The molecule has 0 saturated heterocycles. The van der Waals surface area contributed by atoms with Crippen LogP contribution in [0.3, 0.4) is 0 Å². The normalized spacial score (nSPS) is 10.7. The number of Topliss-reactive ketones (excluding diaryl/α,β-unsaturated/α-hetero) is 1. The number of rotatable bonds is 7. The number of anilines is 1. The molecule has 0 aliphatic heterocycles. The van der Waals surface area contributed by atoms with Crippen molar-refractivity contribution in [2.24, 2.45) is 0 Å². The van der Waals surface area contributed by atoms with E-state index in [1.807, 2.05) is 26.0 Å². The lowest BCUT2D eigenvalue weighted by Crippen LogP contribution is -2.25. The van der Waals surface area contributed by atoms with E-state index in [0.717, 1.165) is 17.0 Å². The van der Waals surface area contributed by atoms with E-state index in [0.29, 0.717) is 41.6 Å². The molecule has 0 bridgehead atoms. The van der Waals surface area contributed by atoms with Gasteiger partial charge in [-0.2, -0.15) is 0 Å². The molecule has 0 atom stereocenters. The summed E-state index contributed by atoms with van der Waals surface area (Å²) in [7, 11) is 1.63. The minimum atomic E-state index is -0.408. The number of carbonyl (C=O) groups is 2. The molecule has 0 radical (unpaired) electrons. The molecular weight excluding hydrogens is 391 g/mol. The van der Waals surface area contributed by atoms with E-state index in [1.165, 1.54) is 11.0 Å². The van der Waals surface area contributed by atoms with Gasteiger partial charge in [-0.05, 0) is 55.7 Å². The molecule has 2 aromatic carbocycles. The highest BCUT2D eigenvalue weighted by Crippen LogP contribution is 2.27. The fourth-order valence-electron chi connectivity index (χ4n) is 3.54. The van der Waals surface area contributed by atoms with Crippen LogP contribution >= 0.6 is 0 Å². The summed E-state index contributed by atoms with van der Waals surface area (Å²) in [5.41, 5.74) is 5.22. The van der Waals surface area contributed by atoms with Crippen molar-refractivity contribution in [1.82, 2.24) is 4.98 Å². The molecule has 0 spiro atoms. The third kappa shape index (κ3) is 5.23. The second kappa shape index (κ2) is 9.65. The first kappa shape index (κ1) is 22.3. The number of pyridine rings is 1. The van der Waals surface area contributed by atoms with Gasteiger partial charge in [0.25, 0.3) is 0 Å². The van der Waals surface area contributed by atoms with Gasteiger partial charge in [0.1, 0.15) is 5.82 Å². The van der Waals surface area contributed by atoms with E-state index in [4.69, 9.17) is 0 Å². The van der Waals surface area contributed by atoms with Crippen LogP contribution < -0.4 is 4.90 Å². The molecule has 160 valence electrons. The standard InChI is InChI=1S/C26H27FN2O2/c1-5-26(31)29(4)22-13-14-23(24(27)16-22)20-8-10-21(11-9-20)25(30)15-12-19-7-6-17(2)28-18(19)3/h6-11,13-14,16H,5,12,15H2,1-4H3. The Bertz CT molecular complexity index is 1110. The summed E-state index contributed by atoms with van der Waals surface area (Å²) in [6.07, 6.45) is 1.39. The summed E-state index contributed by atoms with van der Waals surface area (Å²) < 4.78 is 14.7. The van der Waals surface area contributed by atoms with Gasteiger partial charge in [-0.1, -0.05) is 37.3 Å². The Morgan fingerprint density at radius 2 is 1.71 bits per heavy atom. The van der Waals surface area contributed by atoms with Crippen molar-refractivity contribution in [3.05, 3.63) is 82.9 Å². The van der Waals surface area contributed by atoms with Crippen LogP contribution in [-0.4, -0.2) is 23.7 Å². The Balaban J connectivity index is 1.70. The third-order valence-corrected chi connectivity index (χ3v) is 5.49. The number of aryl methyl sites for hydroxylation is 3. The molecule has 4 nitrogen and oxygen atoms in total. The smallest absolute Gasteiger partial charge is 0.226 e. The van der Waals surface area contributed by atoms with Crippen LogP contribution in [0.4, 0.5) is 10.1 Å². The second-order valence-corrected chi connectivity index (χ2v) is 7.67. The molecule has 1 amide bonds. The van der Waals surface area contributed by atoms with Crippen LogP contribution in [-0.2, 0) is 11.2 Å². The minimum absolute atomic E-state index is 0.0436. The van der Waals surface area contributed by atoms with E-state index < -0.39 is 5.82 Å². The van der Waals surface area contributed by atoms with Crippen molar-refractivity contribution in [2.75, 3.05) is 11.9 Å². The maximum absolute atomic E-state index is 14.7. The molecular formula is C26H27FN2O2. The van der Waals surface area contributed by atoms with Crippen LogP contribution in [0.25, 0.3) is 11.1 Å². The third-order valence-electron chi connectivity index (χ3n) is 5.49. The average molecular weight is 419 g/mol. The summed E-state index contributed by atoms with van der Waals surface area (Å²) in [6, 6.07) is 15.7. The fourth-order valence-corrected chi connectivity index (χ4v) is 3.54. The van der Waals surface area contributed by atoms with Crippen molar-refractivity contribution >= 4 is 17.4 Å². The average Bonchev–Trinajstić information content (AvgIpc) is 2.77. The van der Waals surface area contributed by atoms with Gasteiger partial charge in [-0.3, -0.25) is 14.6 Å². The SMILES string of the molecule is CCC(=O)N(C)c1ccc(-c2ccc(C(=O)CCc3ccc(C)nc3C)cc2)c(F)c1. The monoisotopic (exact) mass is 418 g/mol. The molecule has 31 heavy (non-hydrogen) atoms. The van der Waals surface area contributed by atoms with E-state index in [9.17, 15) is 14.0 Å². The summed E-state index contributed by atoms with van der Waals surface area (Å²) in [5.74, 6) is -0.441.